The molecule has 3 aromatic carbocycles. The van der Waals surface area contributed by atoms with Crippen molar-refractivity contribution in [2.24, 2.45) is 28.3 Å². The molecule has 0 amide bonds. The molecule has 0 spiro atoms. The Kier molecular flexibility index (Phi) is 8.68. The molecule has 0 aliphatic heterocycles. The topological polar surface area (TPSA) is 100 Å². The molecule has 6 heteroatoms. The first-order valence-electron chi connectivity index (χ1n) is 12.5. The highest BCUT2D eigenvalue weighted by molar-refractivity contribution is 7.95. The van der Waals surface area contributed by atoms with Crippen molar-refractivity contribution in [3.8, 4) is 0 Å². The number of aliphatic imine (C=N–C) groups is 1. The van der Waals surface area contributed by atoms with Crippen LogP contribution < -0.4 is 32.7 Å². The number of nitrogens with one attached hydrogen (secondary N) is 2. The van der Waals surface area contributed by atoms with Crippen LogP contribution in [-0.4, -0.2) is 31.0 Å². The van der Waals surface area contributed by atoms with E-state index in [4.69, 9.17) is 16.9 Å². The lowest BCUT2D eigenvalue weighted by Crippen LogP contribution is -2.37. The quantitative estimate of drug-likeness (QED) is 0.211. The van der Waals surface area contributed by atoms with Crippen molar-refractivity contribution in [2.75, 3.05) is 19.3 Å². The first-order valence-corrected chi connectivity index (χ1v) is 14.5. The number of amidine groups is 1. The molecular formula is C29H37N5P+. The van der Waals surface area contributed by atoms with Crippen molar-refractivity contribution < 1.29 is 0 Å². The second-order valence-electron chi connectivity index (χ2n) is 9.51. The largest absolute Gasteiger partial charge is 0.386 e. The molecule has 6 N–H and O–H groups in total. The Balaban J connectivity index is 1.52. The Labute approximate surface area is 209 Å². The Morgan fingerprint density at radius 2 is 1.17 bits per heavy atom. The predicted octanol–water partition coefficient (Wildman–Crippen LogP) is 3.63. The van der Waals surface area contributed by atoms with Crippen LogP contribution in [0.25, 0.3) is 0 Å². The van der Waals surface area contributed by atoms with Crippen LogP contribution in [0.4, 0.5) is 0 Å². The Morgan fingerprint density at radius 1 is 0.743 bits per heavy atom. The zero-order valence-corrected chi connectivity index (χ0v) is 21.2. The summed E-state index contributed by atoms with van der Waals surface area (Å²) in [5.74, 6) is 1.47. The standard InChI is InChI=1S/C29H37N5P/c30-28(34-29(31)32)21-33-20-23-16-18-24(19-17-23)22-35(25-10-4-1-5-11-25,26-12-6-2-7-13-26)27-14-8-3-9-15-27/h1-15,23-24,33H,16-22H2,(H5,30,31,32,34)/q+1. The van der Waals surface area contributed by atoms with Crippen molar-refractivity contribution in [1.82, 2.24) is 5.32 Å². The fourth-order valence-corrected chi connectivity index (χ4v) is 10.1. The molecule has 0 radical (unpaired) electrons. The molecule has 0 saturated heterocycles. The zero-order valence-electron chi connectivity index (χ0n) is 20.3. The van der Waals surface area contributed by atoms with E-state index in [1.165, 1.54) is 47.8 Å². The third-order valence-electron chi connectivity index (χ3n) is 7.09. The van der Waals surface area contributed by atoms with Gasteiger partial charge in [0.1, 0.15) is 29.0 Å². The molecule has 4 rings (SSSR count). The smallest absolute Gasteiger partial charge is 0.214 e. The Hall–Kier alpha value is -3.01. The van der Waals surface area contributed by atoms with E-state index < -0.39 is 7.26 Å². The molecule has 5 nitrogen and oxygen atoms in total. The van der Waals surface area contributed by atoms with Gasteiger partial charge in [0.15, 0.2) is 0 Å². The summed E-state index contributed by atoms with van der Waals surface area (Å²) in [5.41, 5.74) is 11.1. The highest BCUT2D eigenvalue weighted by Crippen LogP contribution is 2.58. The molecule has 0 bridgehead atoms. The lowest BCUT2D eigenvalue weighted by atomic mass is 9.83. The average molecular weight is 487 g/mol. The number of nitrogens with zero attached hydrogens (tertiary/aromatic N) is 1. The fourth-order valence-electron chi connectivity index (χ4n) is 5.41. The minimum absolute atomic E-state index is 0.244. The number of hydrogen-bond acceptors (Lipinski definition) is 2. The van der Waals surface area contributed by atoms with Gasteiger partial charge in [0, 0.05) is 0 Å². The molecule has 1 fully saturated rings. The number of guanidine groups is 1. The predicted molar refractivity (Wildman–Crippen MR) is 152 cm³/mol. The molecule has 1 aliphatic rings. The number of nitrogens with two attached hydrogens (primary N) is 2. The summed E-state index contributed by atoms with van der Waals surface area (Å²) in [7, 11) is -1.77. The van der Waals surface area contributed by atoms with Gasteiger partial charge in [-0.1, -0.05) is 54.6 Å². The average Bonchev–Trinajstić information content (AvgIpc) is 2.89. The fraction of sp³-hybridized carbons (Fsp3) is 0.310. The number of hydrogen-bond donors (Lipinski definition) is 4. The van der Waals surface area contributed by atoms with Gasteiger partial charge in [0.2, 0.25) is 5.96 Å². The van der Waals surface area contributed by atoms with Crippen LogP contribution in [0.3, 0.4) is 0 Å². The minimum Gasteiger partial charge on any atom is -0.386 e. The third kappa shape index (κ3) is 6.36. The summed E-state index contributed by atoms with van der Waals surface area (Å²) in [5, 5.41) is 15.0. The normalized spacial score (nSPS) is 18.8. The van der Waals surface area contributed by atoms with Gasteiger partial charge in [0.05, 0.1) is 12.7 Å². The molecular weight excluding hydrogens is 449 g/mol. The Bertz CT molecular complexity index is 997. The SMILES string of the molecule is N=C(N)N=C(N)CNCC1CCC(C[P+](c2ccccc2)(c2ccccc2)c2ccccc2)CC1. The maximum Gasteiger partial charge on any atom is 0.214 e. The van der Waals surface area contributed by atoms with Crippen LogP contribution in [0.15, 0.2) is 96.0 Å². The third-order valence-corrected chi connectivity index (χ3v) is 11.7. The first-order chi connectivity index (χ1) is 17.1. The molecule has 182 valence electrons. The maximum absolute atomic E-state index is 7.22. The van der Waals surface area contributed by atoms with Crippen LogP contribution in [0, 0.1) is 17.2 Å². The monoisotopic (exact) mass is 486 g/mol. The van der Waals surface area contributed by atoms with Crippen LogP contribution in [0.5, 0.6) is 0 Å². The van der Waals surface area contributed by atoms with Crippen LogP contribution in [0.1, 0.15) is 25.7 Å². The second-order valence-corrected chi connectivity index (χ2v) is 13.0. The van der Waals surface area contributed by atoms with Crippen molar-refractivity contribution in [1.29, 1.82) is 5.41 Å². The highest BCUT2D eigenvalue weighted by atomic mass is 31.2. The summed E-state index contributed by atoms with van der Waals surface area (Å²) in [6, 6.07) is 33.6. The Morgan fingerprint density at radius 3 is 1.60 bits per heavy atom. The van der Waals surface area contributed by atoms with Gasteiger partial charge in [-0.25, -0.2) is 0 Å². The van der Waals surface area contributed by atoms with Gasteiger partial charge >= 0.3 is 0 Å². The molecule has 3 aromatic rings. The van der Waals surface area contributed by atoms with Gasteiger partial charge < -0.3 is 16.8 Å². The lowest BCUT2D eigenvalue weighted by molar-refractivity contribution is 0.287. The van der Waals surface area contributed by atoms with E-state index >= 15 is 0 Å². The summed E-state index contributed by atoms with van der Waals surface area (Å²) in [6.07, 6.45) is 6.15. The van der Waals surface area contributed by atoms with Gasteiger partial charge in [-0.15, -0.1) is 0 Å². The molecule has 0 atom stereocenters. The van der Waals surface area contributed by atoms with Crippen molar-refractivity contribution in [2.45, 2.75) is 25.7 Å². The summed E-state index contributed by atoms with van der Waals surface area (Å²) in [4.78, 5) is 3.80. The molecule has 1 aliphatic carbocycles. The van der Waals surface area contributed by atoms with E-state index in [1.807, 2.05) is 0 Å². The molecule has 0 unspecified atom stereocenters. The molecule has 1 saturated carbocycles. The van der Waals surface area contributed by atoms with Gasteiger partial charge in [0.25, 0.3) is 0 Å². The molecule has 35 heavy (non-hydrogen) atoms. The summed E-state index contributed by atoms with van der Waals surface area (Å²) < 4.78 is 0. The second kappa shape index (κ2) is 12.1. The number of rotatable bonds is 9. The van der Waals surface area contributed by atoms with Crippen LogP contribution in [-0.2, 0) is 0 Å². The van der Waals surface area contributed by atoms with E-state index in [0.29, 0.717) is 24.2 Å². The molecule has 0 aromatic heterocycles. The van der Waals surface area contributed by atoms with E-state index in [-0.39, 0.29) is 5.96 Å². The molecule has 0 heterocycles. The van der Waals surface area contributed by atoms with Crippen LogP contribution in [0.2, 0.25) is 0 Å². The van der Waals surface area contributed by atoms with Crippen molar-refractivity contribution >= 4 is 35.0 Å². The maximum atomic E-state index is 7.22. The van der Waals surface area contributed by atoms with E-state index in [0.717, 1.165) is 6.54 Å². The van der Waals surface area contributed by atoms with Gasteiger partial charge in [-0.05, 0) is 80.5 Å². The van der Waals surface area contributed by atoms with Gasteiger partial charge in [-0.3, -0.25) is 5.41 Å². The summed E-state index contributed by atoms with van der Waals surface area (Å²) in [6.45, 7) is 1.40. The van der Waals surface area contributed by atoms with Gasteiger partial charge in [-0.2, -0.15) is 4.99 Å². The van der Waals surface area contributed by atoms with E-state index in [1.54, 1.807) is 0 Å². The minimum atomic E-state index is -1.77. The first kappa shape index (κ1) is 25.1. The number of benzene rings is 3. The highest BCUT2D eigenvalue weighted by Gasteiger charge is 2.47. The lowest BCUT2D eigenvalue weighted by Gasteiger charge is -2.34. The van der Waals surface area contributed by atoms with Crippen molar-refractivity contribution in [3.63, 3.8) is 0 Å². The van der Waals surface area contributed by atoms with Crippen LogP contribution >= 0.6 is 7.26 Å². The van der Waals surface area contributed by atoms with E-state index in [2.05, 4.69) is 101 Å². The van der Waals surface area contributed by atoms with E-state index in [9.17, 15) is 0 Å². The zero-order chi connectivity index (χ0) is 24.5. The van der Waals surface area contributed by atoms with Crippen molar-refractivity contribution in [3.05, 3.63) is 91.0 Å². The summed E-state index contributed by atoms with van der Waals surface area (Å²) >= 11 is 0.